The molecule has 0 amide bonds. The summed E-state index contributed by atoms with van der Waals surface area (Å²) in [6.07, 6.45) is 1.59. The molecule has 0 saturated carbocycles. The van der Waals surface area contributed by atoms with Crippen molar-refractivity contribution in [2.45, 2.75) is 38.5 Å². The molecule has 2 aromatic rings. The molecule has 2 aromatic carbocycles. The molecule has 116 valence electrons. The minimum Gasteiger partial charge on any atom is -0.207 e. The van der Waals surface area contributed by atoms with Crippen LogP contribution >= 0.6 is 0 Å². The SMILES string of the molecule is CCc1cc(F)c(C2CCc3c(ccc(F)c3F)C2)c(F)c1. The van der Waals surface area contributed by atoms with Gasteiger partial charge in [-0.3, -0.25) is 0 Å². The number of fused-ring (bicyclic) bond motifs is 1. The Balaban J connectivity index is 1.97. The van der Waals surface area contributed by atoms with Gasteiger partial charge in [0, 0.05) is 5.56 Å². The molecular weight excluding hydrogens is 292 g/mol. The van der Waals surface area contributed by atoms with E-state index in [4.69, 9.17) is 0 Å². The van der Waals surface area contributed by atoms with Crippen LogP contribution in [0.25, 0.3) is 0 Å². The van der Waals surface area contributed by atoms with Crippen molar-refractivity contribution < 1.29 is 17.6 Å². The van der Waals surface area contributed by atoms with Gasteiger partial charge < -0.3 is 0 Å². The molecule has 0 spiro atoms. The maximum absolute atomic E-state index is 14.2. The Bertz CT molecular complexity index is 698. The first-order valence-electron chi connectivity index (χ1n) is 7.44. The van der Waals surface area contributed by atoms with Gasteiger partial charge in [0.1, 0.15) is 11.6 Å². The second-order valence-corrected chi connectivity index (χ2v) is 5.77. The topological polar surface area (TPSA) is 0 Å². The van der Waals surface area contributed by atoms with Gasteiger partial charge in [0.05, 0.1) is 0 Å². The van der Waals surface area contributed by atoms with Gasteiger partial charge in [0.25, 0.3) is 0 Å². The van der Waals surface area contributed by atoms with Crippen LogP contribution in [0.15, 0.2) is 24.3 Å². The molecule has 0 nitrogen and oxygen atoms in total. The van der Waals surface area contributed by atoms with E-state index in [1.165, 1.54) is 18.2 Å². The Morgan fingerprint density at radius 1 is 1.00 bits per heavy atom. The highest BCUT2D eigenvalue weighted by atomic mass is 19.2. The van der Waals surface area contributed by atoms with Crippen LogP contribution in [-0.4, -0.2) is 0 Å². The summed E-state index contributed by atoms with van der Waals surface area (Å²) in [4.78, 5) is 0. The van der Waals surface area contributed by atoms with Gasteiger partial charge in [0.2, 0.25) is 0 Å². The fourth-order valence-electron chi connectivity index (χ4n) is 3.26. The average molecular weight is 308 g/mol. The average Bonchev–Trinajstić information content (AvgIpc) is 2.50. The van der Waals surface area contributed by atoms with Crippen LogP contribution in [0, 0.1) is 23.3 Å². The van der Waals surface area contributed by atoms with Crippen LogP contribution in [0.4, 0.5) is 17.6 Å². The zero-order chi connectivity index (χ0) is 15.9. The maximum Gasteiger partial charge on any atom is 0.162 e. The van der Waals surface area contributed by atoms with Gasteiger partial charge in [-0.1, -0.05) is 13.0 Å². The van der Waals surface area contributed by atoms with E-state index < -0.39 is 23.3 Å². The normalized spacial score (nSPS) is 17.4. The van der Waals surface area contributed by atoms with Crippen LogP contribution in [0.5, 0.6) is 0 Å². The third-order valence-corrected chi connectivity index (χ3v) is 4.46. The summed E-state index contributed by atoms with van der Waals surface area (Å²) < 4.78 is 55.4. The van der Waals surface area contributed by atoms with Gasteiger partial charge in [-0.2, -0.15) is 0 Å². The van der Waals surface area contributed by atoms with Crippen LogP contribution in [0.3, 0.4) is 0 Å². The first kappa shape index (κ1) is 15.1. The second kappa shape index (κ2) is 5.75. The van der Waals surface area contributed by atoms with Crippen molar-refractivity contribution in [2.75, 3.05) is 0 Å². The smallest absolute Gasteiger partial charge is 0.162 e. The minimum absolute atomic E-state index is 0.0626. The van der Waals surface area contributed by atoms with Crippen molar-refractivity contribution in [1.82, 2.24) is 0 Å². The van der Waals surface area contributed by atoms with Crippen molar-refractivity contribution in [3.63, 3.8) is 0 Å². The van der Waals surface area contributed by atoms with Gasteiger partial charge in [0.15, 0.2) is 11.6 Å². The first-order valence-corrected chi connectivity index (χ1v) is 7.44. The summed E-state index contributed by atoms with van der Waals surface area (Å²) >= 11 is 0. The molecule has 0 aromatic heterocycles. The molecule has 1 atom stereocenters. The molecule has 0 aliphatic heterocycles. The quantitative estimate of drug-likeness (QED) is 0.679. The Hall–Kier alpha value is -1.84. The molecule has 0 bridgehead atoms. The molecule has 1 aliphatic rings. The van der Waals surface area contributed by atoms with Gasteiger partial charge in [-0.25, -0.2) is 17.6 Å². The molecule has 0 saturated heterocycles. The Morgan fingerprint density at radius 3 is 2.32 bits per heavy atom. The number of hydrogen-bond donors (Lipinski definition) is 0. The summed E-state index contributed by atoms with van der Waals surface area (Å²) in [5.74, 6) is -3.15. The van der Waals surface area contributed by atoms with Crippen molar-refractivity contribution in [3.05, 3.63) is 69.8 Å². The number of hydrogen-bond acceptors (Lipinski definition) is 0. The minimum atomic E-state index is -0.873. The van der Waals surface area contributed by atoms with E-state index in [2.05, 4.69) is 0 Å². The van der Waals surface area contributed by atoms with Crippen LogP contribution < -0.4 is 0 Å². The predicted octanol–water partition coefficient (Wildman–Crippen LogP) is 5.08. The zero-order valence-electron chi connectivity index (χ0n) is 12.2. The number of rotatable bonds is 2. The standard InChI is InChI=1S/C18H16F4/c1-2-10-7-15(20)17(16(21)8-10)12-3-5-13-11(9-12)4-6-14(19)18(13)22/h4,6-8,12H,2-3,5,9H2,1H3. The summed E-state index contributed by atoms with van der Waals surface area (Å²) in [7, 11) is 0. The Kier molecular flexibility index (Phi) is 3.94. The molecule has 0 heterocycles. The number of benzene rings is 2. The third kappa shape index (κ3) is 2.51. The van der Waals surface area contributed by atoms with Crippen LogP contribution in [0.1, 0.15) is 41.5 Å². The Morgan fingerprint density at radius 2 is 1.68 bits per heavy atom. The first-order chi connectivity index (χ1) is 10.5. The van der Waals surface area contributed by atoms with E-state index in [1.807, 2.05) is 6.92 Å². The van der Waals surface area contributed by atoms with E-state index >= 15 is 0 Å². The highest BCUT2D eigenvalue weighted by Gasteiger charge is 2.28. The van der Waals surface area contributed by atoms with Crippen molar-refractivity contribution >= 4 is 0 Å². The lowest BCUT2D eigenvalue weighted by molar-refractivity contribution is 0.460. The van der Waals surface area contributed by atoms with E-state index in [9.17, 15) is 17.6 Å². The highest BCUT2D eigenvalue weighted by Crippen LogP contribution is 2.37. The van der Waals surface area contributed by atoms with Gasteiger partial charge in [-0.05, 0) is 66.5 Å². The molecule has 0 N–H and O–H groups in total. The monoisotopic (exact) mass is 308 g/mol. The van der Waals surface area contributed by atoms with E-state index in [1.54, 1.807) is 0 Å². The zero-order valence-corrected chi connectivity index (χ0v) is 12.2. The van der Waals surface area contributed by atoms with Crippen molar-refractivity contribution in [1.29, 1.82) is 0 Å². The van der Waals surface area contributed by atoms with E-state index in [0.29, 0.717) is 36.0 Å². The fourth-order valence-corrected chi connectivity index (χ4v) is 3.26. The largest absolute Gasteiger partial charge is 0.207 e. The summed E-state index contributed by atoms with van der Waals surface area (Å²) in [5.41, 5.74) is 1.64. The molecular formula is C18H16F4. The second-order valence-electron chi connectivity index (χ2n) is 5.77. The number of halogens is 4. The lowest BCUT2D eigenvalue weighted by Crippen LogP contribution is -2.17. The van der Waals surface area contributed by atoms with Gasteiger partial charge in [-0.15, -0.1) is 0 Å². The lowest BCUT2D eigenvalue weighted by atomic mass is 9.79. The maximum atomic E-state index is 14.2. The molecule has 1 aliphatic carbocycles. The van der Waals surface area contributed by atoms with Crippen molar-refractivity contribution in [2.24, 2.45) is 0 Å². The molecule has 0 radical (unpaired) electrons. The molecule has 1 unspecified atom stereocenters. The third-order valence-electron chi connectivity index (χ3n) is 4.46. The van der Waals surface area contributed by atoms with Crippen LogP contribution in [0.2, 0.25) is 0 Å². The van der Waals surface area contributed by atoms with E-state index in [0.717, 1.165) is 6.07 Å². The summed E-state index contributed by atoms with van der Waals surface area (Å²) in [5, 5.41) is 0. The Labute approximate surface area is 126 Å². The van der Waals surface area contributed by atoms with Gasteiger partial charge >= 0.3 is 0 Å². The van der Waals surface area contributed by atoms with E-state index in [-0.39, 0.29) is 17.9 Å². The van der Waals surface area contributed by atoms with Crippen LogP contribution in [-0.2, 0) is 19.3 Å². The van der Waals surface area contributed by atoms with Crippen molar-refractivity contribution in [3.8, 4) is 0 Å². The lowest BCUT2D eigenvalue weighted by Gasteiger charge is -2.26. The molecule has 22 heavy (non-hydrogen) atoms. The molecule has 3 rings (SSSR count). The predicted molar refractivity (Wildman–Crippen MR) is 76.9 cm³/mol. The molecule has 4 heteroatoms. The number of aryl methyl sites for hydroxylation is 1. The summed E-state index contributed by atoms with van der Waals surface area (Å²) in [6.45, 7) is 1.84. The fraction of sp³-hybridized carbons (Fsp3) is 0.333. The highest BCUT2D eigenvalue weighted by molar-refractivity contribution is 5.37. The summed E-state index contributed by atoms with van der Waals surface area (Å²) in [6, 6.07) is 5.30. The molecule has 0 fully saturated rings.